The lowest BCUT2D eigenvalue weighted by Crippen LogP contribution is -2.30. The molecule has 0 radical (unpaired) electrons. The van der Waals surface area contributed by atoms with Crippen LogP contribution in [-0.4, -0.2) is 37.2 Å². The van der Waals surface area contributed by atoms with Crippen LogP contribution in [0.3, 0.4) is 0 Å². The standard InChI is InChI=1S/C61H92O6/c1-4-7-10-13-16-19-22-25-28-29-30-31-34-36-39-42-45-48-51-54-60(63)66-57-58(67-61(64)55-52-49-46-43-40-37-33-27-24-21-18-15-12-9-6-3)56-65-59(62)53-50-47-44-41-38-35-32-26-23-20-17-14-11-8-5-2/h7,9-10,12,16-21,25-28,30-33,36,39-40,43,45,48-49,52,58H,4-6,8,11,13-15,22-24,29,34-35,37-38,41-42,44,46-47,50-51,53-57H2,1-3H3/b10-7-,12-9-,19-16-,20-17-,21-18-,28-25-,31-30-,32-26-,33-27-,39-36-,43-40-,48-45-,52-49-. The highest BCUT2D eigenvalue weighted by atomic mass is 16.6. The molecule has 0 aromatic heterocycles. The zero-order valence-corrected chi connectivity index (χ0v) is 42.3. The summed E-state index contributed by atoms with van der Waals surface area (Å²) in [5, 5.41) is 0. The van der Waals surface area contributed by atoms with Crippen LogP contribution in [0.1, 0.15) is 188 Å². The SMILES string of the molecule is CC/C=C\C/C=C\C/C=C\C/C=C\C/C=C\C/C=C\CCC(=O)OCC(COC(=O)CCCCCCC/C=C\C/C=C\CCCCC)OC(=O)C/C=C\C/C=C\C/C=C\C/C=C\C/C=C\CC. The lowest BCUT2D eigenvalue weighted by molar-refractivity contribution is -0.166. The van der Waals surface area contributed by atoms with E-state index in [1.165, 1.54) is 25.7 Å². The highest BCUT2D eigenvalue weighted by molar-refractivity contribution is 5.72. The molecule has 0 bridgehead atoms. The highest BCUT2D eigenvalue weighted by Gasteiger charge is 2.19. The second kappa shape index (κ2) is 53.6. The predicted molar refractivity (Wildman–Crippen MR) is 288 cm³/mol. The third kappa shape index (κ3) is 51.9. The van der Waals surface area contributed by atoms with E-state index in [1.54, 1.807) is 6.08 Å². The Morgan fingerprint density at radius 2 is 0.657 bits per heavy atom. The molecular formula is C61H92O6. The number of unbranched alkanes of at least 4 members (excludes halogenated alkanes) is 8. The zero-order chi connectivity index (χ0) is 48.6. The van der Waals surface area contributed by atoms with Crippen molar-refractivity contribution in [3.05, 3.63) is 158 Å². The van der Waals surface area contributed by atoms with Gasteiger partial charge in [0.05, 0.1) is 6.42 Å². The minimum absolute atomic E-state index is 0.0700. The Balaban J connectivity index is 4.68. The van der Waals surface area contributed by atoms with E-state index in [4.69, 9.17) is 14.2 Å². The van der Waals surface area contributed by atoms with E-state index >= 15 is 0 Å². The van der Waals surface area contributed by atoms with Crippen LogP contribution in [0.5, 0.6) is 0 Å². The molecule has 0 spiro atoms. The van der Waals surface area contributed by atoms with Crippen molar-refractivity contribution in [3.63, 3.8) is 0 Å². The molecule has 1 unspecified atom stereocenters. The number of ether oxygens (including phenoxy) is 3. The molecule has 0 saturated heterocycles. The van der Waals surface area contributed by atoms with Gasteiger partial charge in [-0.1, -0.05) is 211 Å². The summed E-state index contributed by atoms with van der Waals surface area (Å²) in [7, 11) is 0. The first-order valence-electron chi connectivity index (χ1n) is 26.0. The van der Waals surface area contributed by atoms with Gasteiger partial charge in [0.1, 0.15) is 13.2 Å². The number of carbonyl (C=O) groups is 3. The lowest BCUT2D eigenvalue weighted by Gasteiger charge is -2.18. The van der Waals surface area contributed by atoms with Crippen LogP contribution in [-0.2, 0) is 28.6 Å². The second-order valence-electron chi connectivity index (χ2n) is 16.3. The molecule has 0 aromatic carbocycles. The van der Waals surface area contributed by atoms with E-state index < -0.39 is 18.0 Å². The van der Waals surface area contributed by atoms with Crippen LogP contribution in [0.4, 0.5) is 0 Å². The molecule has 0 heterocycles. The second-order valence-corrected chi connectivity index (χ2v) is 16.3. The third-order valence-corrected chi connectivity index (χ3v) is 10.0. The summed E-state index contributed by atoms with van der Waals surface area (Å²) in [4.78, 5) is 37.9. The van der Waals surface area contributed by atoms with Gasteiger partial charge >= 0.3 is 17.9 Å². The highest BCUT2D eigenvalue weighted by Crippen LogP contribution is 2.10. The summed E-state index contributed by atoms with van der Waals surface area (Å²) in [6.07, 6.45) is 78.3. The number of hydrogen-bond acceptors (Lipinski definition) is 6. The van der Waals surface area contributed by atoms with Gasteiger partial charge in [-0.2, -0.15) is 0 Å². The lowest BCUT2D eigenvalue weighted by atomic mass is 10.1. The van der Waals surface area contributed by atoms with E-state index in [0.29, 0.717) is 19.3 Å². The quantitative estimate of drug-likeness (QED) is 0.0262. The van der Waals surface area contributed by atoms with Crippen LogP contribution in [0.25, 0.3) is 0 Å². The summed E-state index contributed by atoms with van der Waals surface area (Å²) in [5.74, 6) is -1.20. The van der Waals surface area contributed by atoms with Crippen molar-refractivity contribution in [2.45, 2.75) is 194 Å². The van der Waals surface area contributed by atoms with Crippen molar-refractivity contribution >= 4 is 17.9 Å². The Morgan fingerprint density at radius 1 is 0.328 bits per heavy atom. The first-order chi connectivity index (χ1) is 33.0. The first kappa shape index (κ1) is 62.0. The number of esters is 3. The van der Waals surface area contributed by atoms with Crippen molar-refractivity contribution in [2.75, 3.05) is 13.2 Å². The van der Waals surface area contributed by atoms with Crippen molar-refractivity contribution in [1.29, 1.82) is 0 Å². The van der Waals surface area contributed by atoms with Crippen LogP contribution in [0.15, 0.2) is 158 Å². The molecule has 1 atom stereocenters. The van der Waals surface area contributed by atoms with E-state index in [-0.39, 0.29) is 32.0 Å². The number of rotatable bonds is 44. The van der Waals surface area contributed by atoms with E-state index in [9.17, 15) is 14.4 Å². The fourth-order valence-electron chi connectivity index (χ4n) is 6.22. The third-order valence-electron chi connectivity index (χ3n) is 10.0. The molecule has 0 fully saturated rings. The van der Waals surface area contributed by atoms with Crippen LogP contribution in [0.2, 0.25) is 0 Å². The molecule has 0 rings (SSSR count). The number of allylic oxidation sites excluding steroid dienone is 25. The normalized spacial score (nSPS) is 13.4. The Kier molecular flexibility index (Phi) is 49.7. The van der Waals surface area contributed by atoms with Gasteiger partial charge in [-0.25, -0.2) is 0 Å². The Hall–Kier alpha value is -4.97. The fourth-order valence-corrected chi connectivity index (χ4v) is 6.22. The van der Waals surface area contributed by atoms with Gasteiger partial charge in [-0.05, 0) is 116 Å². The van der Waals surface area contributed by atoms with Gasteiger partial charge < -0.3 is 14.2 Å². The van der Waals surface area contributed by atoms with Crippen LogP contribution in [0, 0.1) is 0 Å². The minimum Gasteiger partial charge on any atom is -0.462 e. The molecule has 0 N–H and O–H groups in total. The van der Waals surface area contributed by atoms with Crippen LogP contribution < -0.4 is 0 Å². The Bertz CT molecular complexity index is 1570. The van der Waals surface area contributed by atoms with Gasteiger partial charge in [-0.15, -0.1) is 0 Å². The maximum absolute atomic E-state index is 12.7. The van der Waals surface area contributed by atoms with Crippen molar-refractivity contribution in [3.8, 4) is 0 Å². The van der Waals surface area contributed by atoms with Gasteiger partial charge in [0, 0.05) is 12.8 Å². The van der Waals surface area contributed by atoms with E-state index in [2.05, 4.69) is 154 Å². The Morgan fingerprint density at radius 3 is 1.07 bits per heavy atom. The molecule has 6 heteroatoms. The molecule has 0 aliphatic carbocycles. The molecule has 0 aliphatic rings. The van der Waals surface area contributed by atoms with Gasteiger partial charge in [0.2, 0.25) is 0 Å². The molecule has 0 saturated carbocycles. The smallest absolute Gasteiger partial charge is 0.310 e. The summed E-state index contributed by atoms with van der Waals surface area (Å²) in [6, 6.07) is 0. The molecule has 0 amide bonds. The van der Waals surface area contributed by atoms with E-state index in [0.717, 1.165) is 109 Å². The summed E-state index contributed by atoms with van der Waals surface area (Å²) in [6.45, 7) is 6.19. The zero-order valence-electron chi connectivity index (χ0n) is 42.3. The average Bonchev–Trinajstić information content (AvgIpc) is 3.33. The molecule has 67 heavy (non-hydrogen) atoms. The van der Waals surface area contributed by atoms with Crippen LogP contribution >= 0.6 is 0 Å². The largest absolute Gasteiger partial charge is 0.462 e. The maximum atomic E-state index is 12.7. The Labute approximate surface area is 409 Å². The summed E-state index contributed by atoms with van der Waals surface area (Å²) < 4.78 is 16.6. The average molecular weight is 921 g/mol. The first-order valence-corrected chi connectivity index (χ1v) is 26.0. The van der Waals surface area contributed by atoms with Gasteiger partial charge in [-0.3, -0.25) is 14.4 Å². The molecule has 6 nitrogen and oxygen atoms in total. The van der Waals surface area contributed by atoms with Crippen molar-refractivity contribution in [1.82, 2.24) is 0 Å². The maximum Gasteiger partial charge on any atom is 0.310 e. The van der Waals surface area contributed by atoms with Gasteiger partial charge in [0.25, 0.3) is 0 Å². The van der Waals surface area contributed by atoms with Gasteiger partial charge in [0.15, 0.2) is 6.10 Å². The van der Waals surface area contributed by atoms with Crippen molar-refractivity contribution < 1.29 is 28.6 Å². The predicted octanol–water partition coefficient (Wildman–Crippen LogP) is 17.4. The van der Waals surface area contributed by atoms with E-state index in [1.807, 2.05) is 18.2 Å². The molecule has 0 aromatic rings. The topological polar surface area (TPSA) is 78.9 Å². The fraction of sp³-hybridized carbons (Fsp3) is 0.525. The molecular weight excluding hydrogens is 829 g/mol. The summed E-state index contributed by atoms with van der Waals surface area (Å²) in [5.41, 5.74) is 0. The monoisotopic (exact) mass is 921 g/mol. The molecule has 0 aliphatic heterocycles. The minimum atomic E-state index is -0.876. The summed E-state index contributed by atoms with van der Waals surface area (Å²) >= 11 is 0. The molecule has 372 valence electrons. The van der Waals surface area contributed by atoms with Crippen molar-refractivity contribution in [2.24, 2.45) is 0 Å². The number of hydrogen-bond donors (Lipinski definition) is 0. The number of carbonyl (C=O) groups excluding carboxylic acids is 3.